The molecule has 0 radical (unpaired) electrons. The van der Waals surface area contributed by atoms with E-state index in [9.17, 15) is 4.79 Å². The van der Waals surface area contributed by atoms with Crippen LogP contribution in [0, 0.1) is 11.3 Å². The van der Waals surface area contributed by atoms with Crippen LogP contribution >= 0.6 is 0 Å². The predicted octanol–water partition coefficient (Wildman–Crippen LogP) is 3.27. The smallest absolute Gasteiger partial charge is 0.327 e. The number of nitrogens with one attached hydrogen (secondary N) is 1. The highest BCUT2D eigenvalue weighted by atomic mass is 16.5. The normalized spacial score (nSPS) is 13.0. The first kappa shape index (κ1) is 20.6. The Morgan fingerprint density at radius 3 is 2.63 bits per heavy atom. The molecule has 0 heterocycles. The summed E-state index contributed by atoms with van der Waals surface area (Å²) < 4.78 is 4.93. The minimum Gasteiger partial charge on any atom is -0.468 e. The second kappa shape index (κ2) is 10.5. The number of esters is 1. The summed E-state index contributed by atoms with van der Waals surface area (Å²) in [4.78, 5) is 14.5. The first-order valence-corrected chi connectivity index (χ1v) is 9.10. The topological polar surface area (TPSA) is 65.4 Å². The molecule has 0 amide bonds. The van der Waals surface area contributed by atoms with Gasteiger partial charge in [-0.2, -0.15) is 5.26 Å². The summed E-state index contributed by atoms with van der Waals surface area (Å²) in [7, 11) is 3.48. The number of rotatable bonds is 9. The molecule has 2 aromatic rings. The zero-order valence-corrected chi connectivity index (χ0v) is 16.2. The molecule has 0 aromatic heterocycles. The maximum Gasteiger partial charge on any atom is 0.327 e. The van der Waals surface area contributed by atoms with Crippen LogP contribution < -0.4 is 5.32 Å². The fraction of sp³-hybridized carbons (Fsp3) is 0.364. The average Bonchev–Trinajstić information content (AvgIpc) is 2.71. The minimum atomic E-state index is -0.574. The van der Waals surface area contributed by atoms with Gasteiger partial charge in [0, 0.05) is 12.6 Å². The molecule has 2 rings (SSSR count). The molecule has 2 aromatic carbocycles. The predicted molar refractivity (Wildman–Crippen MR) is 106 cm³/mol. The van der Waals surface area contributed by atoms with Crippen LogP contribution in [0.3, 0.4) is 0 Å². The van der Waals surface area contributed by atoms with Gasteiger partial charge < -0.3 is 10.1 Å². The number of ether oxygens (including phenoxy) is 1. The Hall–Kier alpha value is -2.68. The fourth-order valence-corrected chi connectivity index (χ4v) is 2.93. The Morgan fingerprint density at radius 2 is 1.96 bits per heavy atom. The van der Waals surface area contributed by atoms with Crippen LogP contribution in [0.5, 0.6) is 0 Å². The van der Waals surface area contributed by atoms with E-state index in [0.717, 1.165) is 18.5 Å². The van der Waals surface area contributed by atoms with Crippen molar-refractivity contribution in [2.24, 2.45) is 0 Å². The molecular formula is C22H27N3O2. The van der Waals surface area contributed by atoms with Gasteiger partial charge in [0.25, 0.3) is 0 Å². The van der Waals surface area contributed by atoms with Gasteiger partial charge in [0.2, 0.25) is 0 Å². The lowest BCUT2D eigenvalue weighted by molar-refractivity contribution is -0.143. The minimum absolute atomic E-state index is 0.349. The number of methoxy groups -OCH3 is 1. The van der Waals surface area contributed by atoms with E-state index in [-0.39, 0.29) is 5.97 Å². The molecule has 2 unspecified atom stereocenters. The summed E-state index contributed by atoms with van der Waals surface area (Å²) in [6, 6.07) is 19.3. The molecule has 27 heavy (non-hydrogen) atoms. The third-order valence-corrected chi connectivity index (χ3v) is 4.72. The highest BCUT2D eigenvalue weighted by Gasteiger charge is 2.21. The van der Waals surface area contributed by atoms with E-state index in [2.05, 4.69) is 42.4 Å². The van der Waals surface area contributed by atoms with Crippen molar-refractivity contribution < 1.29 is 9.53 Å². The van der Waals surface area contributed by atoms with Gasteiger partial charge in [-0.25, -0.2) is 4.79 Å². The molecule has 5 nitrogen and oxygen atoms in total. The van der Waals surface area contributed by atoms with Gasteiger partial charge in [-0.3, -0.25) is 4.90 Å². The van der Waals surface area contributed by atoms with E-state index in [1.54, 1.807) is 18.2 Å². The molecular weight excluding hydrogens is 338 g/mol. The monoisotopic (exact) mass is 365 g/mol. The Kier molecular flexibility index (Phi) is 8.00. The molecule has 0 aliphatic heterocycles. The van der Waals surface area contributed by atoms with E-state index < -0.39 is 6.04 Å². The quantitative estimate of drug-likeness (QED) is 0.691. The molecule has 0 fully saturated rings. The van der Waals surface area contributed by atoms with Crippen molar-refractivity contribution >= 4 is 5.97 Å². The number of hydrogen-bond acceptors (Lipinski definition) is 5. The van der Waals surface area contributed by atoms with E-state index in [1.807, 2.05) is 24.3 Å². The number of carbonyl (C=O) groups is 1. The summed E-state index contributed by atoms with van der Waals surface area (Å²) in [5, 5.41) is 12.4. The first-order chi connectivity index (χ1) is 13.0. The van der Waals surface area contributed by atoms with Crippen LogP contribution in [0.15, 0.2) is 54.6 Å². The Bertz CT molecular complexity index is 771. The van der Waals surface area contributed by atoms with Crippen molar-refractivity contribution in [2.75, 3.05) is 20.7 Å². The lowest BCUT2D eigenvalue weighted by Crippen LogP contribution is -2.35. The SMILES string of the molecule is COC(=O)C(NCCC(C)N(C)Cc1ccccc1)c1cccc(C#N)c1. The summed E-state index contributed by atoms with van der Waals surface area (Å²) >= 11 is 0. The van der Waals surface area contributed by atoms with Crippen LogP contribution in [0.4, 0.5) is 0 Å². The van der Waals surface area contributed by atoms with Crippen molar-refractivity contribution in [3.05, 3.63) is 71.3 Å². The Balaban J connectivity index is 1.92. The molecule has 2 atom stereocenters. The molecule has 0 spiro atoms. The number of hydrogen-bond donors (Lipinski definition) is 1. The largest absolute Gasteiger partial charge is 0.468 e. The Morgan fingerprint density at radius 1 is 1.22 bits per heavy atom. The summed E-state index contributed by atoms with van der Waals surface area (Å²) in [5.41, 5.74) is 2.55. The molecule has 0 saturated heterocycles. The van der Waals surface area contributed by atoms with Crippen LogP contribution in [-0.2, 0) is 16.1 Å². The van der Waals surface area contributed by atoms with Gasteiger partial charge in [0.15, 0.2) is 0 Å². The van der Waals surface area contributed by atoms with Crippen LogP contribution in [0.1, 0.15) is 36.1 Å². The second-order valence-corrected chi connectivity index (χ2v) is 6.69. The first-order valence-electron chi connectivity index (χ1n) is 9.10. The molecule has 0 saturated carbocycles. The Labute approximate surface area is 161 Å². The lowest BCUT2D eigenvalue weighted by atomic mass is 10.0. The van der Waals surface area contributed by atoms with E-state index >= 15 is 0 Å². The van der Waals surface area contributed by atoms with Gasteiger partial charge in [-0.15, -0.1) is 0 Å². The van der Waals surface area contributed by atoms with Crippen molar-refractivity contribution in [1.82, 2.24) is 10.2 Å². The van der Waals surface area contributed by atoms with Gasteiger partial charge in [0.05, 0.1) is 18.7 Å². The van der Waals surface area contributed by atoms with Gasteiger partial charge >= 0.3 is 5.97 Å². The van der Waals surface area contributed by atoms with Crippen LogP contribution in [0.2, 0.25) is 0 Å². The van der Waals surface area contributed by atoms with Gasteiger partial charge in [-0.05, 0) is 50.2 Å². The molecule has 5 heteroatoms. The van der Waals surface area contributed by atoms with Crippen LogP contribution in [0.25, 0.3) is 0 Å². The van der Waals surface area contributed by atoms with E-state index in [1.165, 1.54) is 12.7 Å². The van der Waals surface area contributed by atoms with E-state index in [0.29, 0.717) is 18.2 Å². The number of carbonyl (C=O) groups excluding carboxylic acids is 1. The van der Waals surface area contributed by atoms with Gasteiger partial charge in [0.1, 0.15) is 6.04 Å². The van der Waals surface area contributed by atoms with E-state index in [4.69, 9.17) is 10.00 Å². The zero-order valence-electron chi connectivity index (χ0n) is 16.2. The maximum absolute atomic E-state index is 12.2. The van der Waals surface area contributed by atoms with Crippen molar-refractivity contribution in [3.8, 4) is 6.07 Å². The van der Waals surface area contributed by atoms with Crippen LogP contribution in [-0.4, -0.2) is 37.6 Å². The molecule has 0 aliphatic rings. The third kappa shape index (κ3) is 6.21. The molecule has 1 N–H and O–H groups in total. The standard InChI is InChI=1S/C22H27N3O2/c1-17(25(2)16-18-8-5-4-6-9-18)12-13-24-21(22(26)27-3)20-11-7-10-19(14-20)15-23/h4-11,14,17,21,24H,12-13,16H2,1-3H3. The molecule has 0 aliphatic carbocycles. The number of nitriles is 1. The highest BCUT2D eigenvalue weighted by molar-refractivity contribution is 5.77. The molecule has 0 bridgehead atoms. The second-order valence-electron chi connectivity index (χ2n) is 6.69. The third-order valence-electron chi connectivity index (χ3n) is 4.72. The van der Waals surface area contributed by atoms with Gasteiger partial charge in [-0.1, -0.05) is 42.5 Å². The summed E-state index contributed by atoms with van der Waals surface area (Å²) in [5.74, 6) is -0.351. The highest BCUT2D eigenvalue weighted by Crippen LogP contribution is 2.17. The maximum atomic E-state index is 12.2. The van der Waals surface area contributed by atoms with Crippen molar-refractivity contribution in [2.45, 2.75) is 32.0 Å². The number of nitrogens with zero attached hydrogens (tertiary/aromatic N) is 2. The summed E-state index contributed by atoms with van der Waals surface area (Å²) in [6.07, 6.45) is 0.884. The average molecular weight is 365 g/mol. The summed E-state index contributed by atoms with van der Waals surface area (Å²) in [6.45, 7) is 3.72. The number of benzene rings is 2. The molecule has 142 valence electrons. The lowest BCUT2D eigenvalue weighted by Gasteiger charge is -2.26. The van der Waals surface area contributed by atoms with Crippen molar-refractivity contribution in [3.63, 3.8) is 0 Å². The van der Waals surface area contributed by atoms with Crippen molar-refractivity contribution in [1.29, 1.82) is 5.26 Å². The fourth-order valence-electron chi connectivity index (χ4n) is 2.93. The zero-order chi connectivity index (χ0) is 19.6.